The van der Waals surface area contributed by atoms with Crippen molar-refractivity contribution < 1.29 is 9.21 Å². The smallest absolute Gasteiger partial charge is 0.321 e. The Morgan fingerprint density at radius 1 is 1.22 bits per heavy atom. The third-order valence-electron chi connectivity index (χ3n) is 3.69. The average molecular weight is 336 g/mol. The van der Waals surface area contributed by atoms with E-state index in [1.807, 2.05) is 11.8 Å². The summed E-state index contributed by atoms with van der Waals surface area (Å²) in [5.41, 5.74) is 0.728. The molecule has 0 saturated carbocycles. The van der Waals surface area contributed by atoms with Gasteiger partial charge in [0.15, 0.2) is 0 Å². The molecule has 122 valence electrons. The number of urea groups is 1. The number of aromatic nitrogens is 2. The number of nitrogens with one attached hydrogen (secondary N) is 1. The van der Waals surface area contributed by atoms with Gasteiger partial charge in [-0.3, -0.25) is 0 Å². The van der Waals surface area contributed by atoms with Crippen molar-refractivity contribution in [2.45, 2.75) is 13.3 Å². The predicted octanol–water partition coefficient (Wildman–Crippen LogP) is 2.64. The molecule has 1 saturated heterocycles. The molecule has 23 heavy (non-hydrogen) atoms. The number of aryl methyl sites for hydroxylation is 1. The number of hydrogen-bond acceptors (Lipinski definition) is 5. The fourth-order valence-corrected chi connectivity index (χ4v) is 2.48. The fraction of sp³-hybridized carbons (Fsp3) is 0.400. The molecule has 2 heterocycles. The molecule has 0 bridgehead atoms. The minimum absolute atomic E-state index is 0.119. The van der Waals surface area contributed by atoms with Crippen LogP contribution >= 0.6 is 11.6 Å². The van der Waals surface area contributed by atoms with Gasteiger partial charge in [0.25, 0.3) is 0 Å². The van der Waals surface area contributed by atoms with E-state index < -0.39 is 0 Å². The molecule has 2 amide bonds. The van der Waals surface area contributed by atoms with Gasteiger partial charge in [0.2, 0.25) is 5.89 Å². The summed E-state index contributed by atoms with van der Waals surface area (Å²) >= 11 is 5.83. The van der Waals surface area contributed by atoms with Gasteiger partial charge < -0.3 is 19.5 Å². The van der Waals surface area contributed by atoms with Gasteiger partial charge in [0.05, 0.1) is 0 Å². The van der Waals surface area contributed by atoms with Crippen LogP contribution in [0.3, 0.4) is 0 Å². The first-order valence-electron chi connectivity index (χ1n) is 7.54. The first kappa shape index (κ1) is 15.6. The van der Waals surface area contributed by atoms with Crippen LogP contribution in [0.4, 0.5) is 16.5 Å². The van der Waals surface area contributed by atoms with Crippen molar-refractivity contribution in [2.24, 2.45) is 0 Å². The van der Waals surface area contributed by atoms with Crippen LogP contribution in [0, 0.1) is 0 Å². The highest BCUT2D eigenvalue weighted by Crippen LogP contribution is 2.17. The molecule has 2 aromatic rings. The zero-order valence-corrected chi connectivity index (χ0v) is 13.6. The van der Waals surface area contributed by atoms with Crippen LogP contribution in [0.2, 0.25) is 5.02 Å². The van der Waals surface area contributed by atoms with Gasteiger partial charge in [0.1, 0.15) is 0 Å². The molecule has 0 radical (unpaired) electrons. The first-order chi connectivity index (χ1) is 11.2. The molecule has 1 aromatic carbocycles. The van der Waals surface area contributed by atoms with Gasteiger partial charge in [0, 0.05) is 43.3 Å². The lowest BCUT2D eigenvalue weighted by Crippen LogP contribution is -2.50. The summed E-state index contributed by atoms with van der Waals surface area (Å²) in [6, 6.07) is 7.46. The van der Waals surface area contributed by atoms with E-state index in [4.69, 9.17) is 16.0 Å². The summed E-state index contributed by atoms with van der Waals surface area (Å²) in [4.78, 5) is 16.0. The molecule has 0 unspecified atom stereocenters. The molecule has 7 nitrogen and oxygen atoms in total. The van der Waals surface area contributed by atoms with Gasteiger partial charge in [-0.15, -0.1) is 5.10 Å². The lowest BCUT2D eigenvalue weighted by Gasteiger charge is -2.33. The second-order valence-corrected chi connectivity index (χ2v) is 5.68. The number of benzene rings is 1. The molecule has 8 heteroatoms. The third kappa shape index (κ3) is 3.73. The second-order valence-electron chi connectivity index (χ2n) is 5.24. The maximum Gasteiger partial charge on any atom is 0.321 e. The van der Waals surface area contributed by atoms with Crippen molar-refractivity contribution in [3.8, 4) is 0 Å². The van der Waals surface area contributed by atoms with E-state index in [0.717, 1.165) is 12.1 Å². The molecule has 0 aliphatic carbocycles. The van der Waals surface area contributed by atoms with E-state index in [1.54, 1.807) is 29.2 Å². The van der Waals surface area contributed by atoms with Crippen molar-refractivity contribution in [3.63, 3.8) is 0 Å². The Balaban J connectivity index is 1.53. The zero-order chi connectivity index (χ0) is 16.2. The summed E-state index contributed by atoms with van der Waals surface area (Å²) in [7, 11) is 0. The van der Waals surface area contributed by atoms with Gasteiger partial charge >= 0.3 is 12.0 Å². The summed E-state index contributed by atoms with van der Waals surface area (Å²) in [6.07, 6.45) is 0.719. The third-order valence-corrected chi connectivity index (χ3v) is 3.94. The Morgan fingerprint density at radius 2 is 1.91 bits per heavy atom. The molecular weight excluding hydrogens is 318 g/mol. The van der Waals surface area contributed by atoms with Gasteiger partial charge in [-0.2, -0.15) is 0 Å². The SMILES string of the molecule is CCc1nnc(N2CCN(C(=O)Nc3ccc(Cl)cc3)CC2)o1. The largest absolute Gasteiger partial charge is 0.408 e. The molecule has 1 N–H and O–H groups in total. The van der Waals surface area contributed by atoms with Crippen LogP contribution in [0.5, 0.6) is 0 Å². The number of carbonyl (C=O) groups is 1. The molecule has 3 rings (SSSR count). The number of piperazine rings is 1. The molecule has 1 aliphatic rings. The normalized spacial score (nSPS) is 14.9. The van der Waals surface area contributed by atoms with Crippen LogP contribution in [-0.4, -0.2) is 47.3 Å². The number of anilines is 2. The molecule has 0 atom stereocenters. The lowest BCUT2D eigenvalue weighted by molar-refractivity contribution is 0.207. The minimum Gasteiger partial charge on any atom is -0.408 e. The topological polar surface area (TPSA) is 74.5 Å². The van der Waals surface area contributed by atoms with Crippen LogP contribution in [0.1, 0.15) is 12.8 Å². The van der Waals surface area contributed by atoms with Crippen molar-refractivity contribution in [1.82, 2.24) is 15.1 Å². The van der Waals surface area contributed by atoms with E-state index in [-0.39, 0.29) is 6.03 Å². The van der Waals surface area contributed by atoms with Crippen molar-refractivity contribution in [1.29, 1.82) is 0 Å². The standard InChI is InChI=1S/C15H18ClN5O2/c1-2-13-18-19-15(23-13)21-9-7-20(8-10-21)14(22)17-12-5-3-11(16)4-6-12/h3-6H,2,7-10H2,1H3,(H,17,22). The minimum atomic E-state index is -0.119. The quantitative estimate of drug-likeness (QED) is 0.933. The monoisotopic (exact) mass is 335 g/mol. The number of nitrogens with zero attached hydrogens (tertiary/aromatic N) is 4. The Kier molecular flexibility index (Phi) is 4.66. The summed E-state index contributed by atoms with van der Waals surface area (Å²) in [5, 5.41) is 11.5. The molecular formula is C15H18ClN5O2. The Morgan fingerprint density at radius 3 is 2.52 bits per heavy atom. The van der Waals surface area contributed by atoms with E-state index in [1.165, 1.54) is 0 Å². The second kappa shape index (κ2) is 6.87. The number of amides is 2. The van der Waals surface area contributed by atoms with Crippen molar-refractivity contribution in [2.75, 3.05) is 36.4 Å². The van der Waals surface area contributed by atoms with Gasteiger partial charge in [-0.25, -0.2) is 4.79 Å². The van der Waals surface area contributed by atoms with Crippen molar-refractivity contribution in [3.05, 3.63) is 35.2 Å². The lowest BCUT2D eigenvalue weighted by atomic mass is 10.3. The van der Waals surface area contributed by atoms with Crippen LogP contribution < -0.4 is 10.2 Å². The molecule has 1 aliphatic heterocycles. The predicted molar refractivity (Wildman–Crippen MR) is 87.9 cm³/mol. The highest BCUT2D eigenvalue weighted by molar-refractivity contribution is 6.30. The van der Waals surface area contributed by atoms with E-state index >= 15 is 0 Å². The summed E-state index contributed by atoms with van der Waals surface area (Å²) < 4.78 is 5.55. The average Bonchev–Trinajstić information content (AvgIpc) is 3.06. The van der Waals surface area contributed by atoms with Gasteiger partial charge in [-0.05, 0) is 24.3 Å². The van der Waals surface area contributed by atoms with Crippen LogP contribution in [0.25, 0.3) is 0 Å². The van der Waals surface area contributed by atoms with E-state index in [2.05, 4.69) is 15.5 Å². The summed E-state index contributed by atoms with van der Waals surface area (Å²) in [5.74, 6) is 0.628. The highest BCUT2D eigenvalue weighted by Gasteiger charge is 2.24. The van der Waals surface area contributed by atoms with E-state index in [0.29, 0.717) is 43.1 Å². The molecule has 1 fully saturated rings. The number of rotatable bonds is 3. The number of hydrogen-bond donors (Lipinski definition) is 1. The molecule has 0 spiro atoms. The number of halogens is 1. The first-order valence-corrected chi connectivity index (χ1v) is 7.92. The maximum atomic E-state index is 12.3. The van der Waals surface area contributed by atoms with Gasteiger partial charge in [-0.1, -0.05) is 23.6 Å². The maximum absolute atomic E-state index is 12.3. The highest BCUT2D eigenvalue weighted by atomic mass is 35.5. The van der Waals surface area contributed by atoms with Crippen LogP contribution in [-0.2, 0) is 6.42 Å². The number of carbonyl (C=O) groups excluding carboxylic acids is 1. The van der Waals surface area contributed by atoms with E-state index in [9.17, 15) is 4.79 Å². The Bertz CT molecular complexity index is 665. The zero-order valence-electron chi connectivity index (χ0n) is 12.8. The van der Waals surface area contributed by atoms with Crippen molar-refractivity contribution >= 4 is 29.3 Å². The fourth-order valence-electron chi connectivity index (χ4n) is 2.35. The van der Waals surface area contributed by atoms with Crippen LogP contribution in [0.15, 0.2) is 28.7 Å². The Hall–Kier alpha value is -2.28. The molecule has 1 aromatic heterocycles. The summed E-state index contributed by atoms with van der Waals surface area (Å²) in [6.45, 7) is 4.50. The Labute approximate surface area is 139 Å².